The van der Waals surface area contributed by atoms with Crippen LogP contribution < -0.4 is 5.73 Å². The maximum Gasteiger partial charge on any atom is 0.132 e. The Hall–Kier alpha value is -2.69. The van der Waals surface area contributed by atoms with Crippen molar-refractivity contribution in [2.75, 3.05) is 5.73 Å². The fourth-order valence-corrected chi connectivity index (χ4v) is 2.00. The van der Waals surface area contributed by atoms with E-state index < -0.39 is 0 Å². The van der Waals surface area contributed by atoms with Crippen LogP contribution in [0, 0.1) is 6.92 Å². The van der Waals surface area contributed by atoms with E-state index in [2.05, 4.69) is 15.0 Å². The first-order valence-corrected chi connectivity index (χ1v) is 5.91. The normalized spacial score (nSPS) is 10.6. The zero-order valence-electron chi connectivity index (χ0n) is 10.5. The third-order valence-corrected chi connectivity index (χ3v) is 2.89. The van der Waals surface area contributed by atoms with E-state index in [1.54, 1.807) is 24.9 Å². The monoisotopic (exact) mass is 251 g/mol. The molecular formula is C14H13N5. The molecule has 2 N–H and O–H groups in total. The van der Waals surface area contributed by atoms with Crippen LogP contribution in [0.4, 0.5) is 5.82 Å². The number of pyridine rings is 2. The third kappa shape index (κ3) is 2.06. The van der Waals surface area contributed by atoms with Crippen LogP contribution >= 0.6 is 0 Å². The summed E-state index contributed by atoms with van der Waals surface area (Å²) in [4.78, 5) is 12.5. The second-order valence-corrected chi connectivity index (χ2v) is 4.31. The predicted octanol–water partition coefficient (Wildman–Crippen LogP) is 2.22. The van der Waals surface area contributed by atoms with E-state index in [1.165, 1.54) is 0 Å². The highest BCUT2D eigenvalue weighted by molar-refractivity contribution is 5.71. The number of nitrogens with zero attached hydrogens (tertiary/aromatic N) is 4. The summed E-state index contributed by atoms with van der Waals surface area (Å²) in [6, 6.07) is 5.83. The molecule has 0 saturated heterocycles. The quantitative estimate of drug-likeness (QED) is 0.758. The van der Waals surface area contributed by atoms with Crippen LogP contribution in [-0.4, -0.2) is 19.5 Å². The lowest BCUT2D eigenvalue weighted by molar-refractivity contribution is 1.04. The third-order valence-electron chi connectivity index (χ3n) is 2.89. The van der Waals surface area contributed by atoms with Crippen molar-refractivity contribution in [1.29, 1.82) is 0 Å². The van der Waals surface area contributed by atoms with Crippen molar-refractivity contribution in [3.05, 3.63) is 54.9 Å². The first-order valence-electron chi connectivity index (χ1n) is 5.91. The summed E-state index contributed by atoms with van der Waals surface area (Å²) in [5.41, 5.74) is 9.73. The van der Waals surface area contributed by atoms with Gasteiger partial charge in [0.05, 0.1) is 30.1 Å². The first kappa shape index (κ1) is 11.4. The van der Waals surface area contributed by atoms with Crippen LogP contribution in [0.25, 0.3) is 16.9 Å². The van der Waals surface area contributed by atoms with Gasteiger partial charge in [0.1, 0.15) is 5.82 Å². The molecule has 5 heteroatoms. The van der Waals surface area contributed by atoms with Gasteiger partial charge in [0.15, 0.2) is 0 Å². The average Bonchev–Trinajstić information content (AvgIpc) is 2.88. The Balaban J connectivity index is 2.16. The summed E-state index contributed by atoms with van der Waals surface area (Å²) >= 11 is 0. The van der Waals surface area contributed by atoms with E-state index in [-0.39, 0.29) is 0 Å². The molecule has 0 atom stereocenters. The fraction of sp³-hybridized carbons (Fsp3) is 0.0714. The summed E-state index contributed by atoms with van der Waals surface area (Å²) in [6.07, 6.45) is 8.81. The molecule has 94 valence electrons. The maximum absolute atomic E-state index is 5.92. The standard InChI is InChI=1S/C14H13N5/c1-10-5-11(7-16-6-10)19-9-17-8-13(19)12-3-2-4-18-14(12)15/h2-9H,1H3,(H2,15,18). The number of aromatic nitrogens is 4. The van der Waals surface area contributed by atoms with Gasteiger partial charge in [-0.2, -0.15) is 0 Å². The summed E-state index contributed by atoms with van der Waals surface area (Å²) in [6.45, 7) is 2.01. The molecule has 0 bridgehead atoms. The minimum Gasteiger partial charge on any atom is -0.383 e. The Morgan fingerprint density at radius 3 is 2.84 bits per heavy atom. The molecule has 19 heavy (non-hydrogen) atoms. The van der Waals surface area contributed by atoms with E-state index in [1.807, 2.05) is 35.9 Å². The van der Waals surface area contributed by atoms with Gasteiger partial charge in [0.25, 0.3) is 0 Å². The molecule has 0 saturated carbocycles. The van der Waals surface area contributed by atoms with Gasteiger partial charge in [0, 0.05) is 18.0 Å². The second-order valence-electron chi connectivity index (χ2n) is 4.31. The predicted molar refractivity (Wildman–Crippen MR) is 73.7 cm³/mol. The smallest absolute Gasteiger partial charge is 0.132 e. The van der Waals surface area contributed by atoms with Crippen molar-refractivity contribution >= 4 is 5.82 Å². The van der Waals surface area contributed by atoms with E-state index in [0.29, 0.717) is 5.82 Å². The molecule has 0 fully saturated rings. The lowest BCUT2D eigenvalue weighted by Crippen LogP contribution is -2.00. The number of nitrogen functional groups attached to an aromatic ring is 1. The largest absolute Gasteiger partial charge is 0.383 e. The molecule has 3 aromatic rings. The number of rotatable bonds is 2. The highest BCUT2D eigenvalue weighted by Crippen LogP contribution is 2.25. The van der Waals surface area contributed by atoms with Gasteiger partial charge in [-0.15, -0.1) is 0 Å². The van der Waals surface area contributed by atoms with Gasteiger partial charge >= 0.3 is 0 Å². The Kier molecular flexibility index (Phi) is 2.72. The minimum atomic E-state index is 0.491. The lowest BCUT2D eigenvalue weighted by atomic mass is 10.2. The van der Waals surface area contributed by atoms with Crippen LogP contribution in [0.5, 0.6) is 0 Å². The van der Waals surface area contributed by atoms with Crippen molar-refractivity contribution < 1.29 is 0 Å². The molecule has 3 rings (SSSR count). The fourth-order valence-electron chi connectivity index (χ4n) is 2.00. The van der Waals surface area contributed by atoms with E-state index in [4.69, 9.17) is 5.73 Å². The summed E-state index contributed by atoms with van der Waals surface area (Å²) in [7, 11) is 0. The second kappa shape index (κ2) is 4.53. The molecule has 0 aliphatic heterocycles. The van der Waals surface area contributed by atoms with Crippen molar-refractivity contribution in [3.63, 3.8) is 0 Å². The molecular weight excluding hydrogens is 238 g/mol. The van der Waals surface area contributed by atoms with Gasteiger partial charge in [-0.05, 0) is 30.7 Å². The molecule has 0 amide bonds. The van der Waals surface area contributed by atoms with Gasteiger partial charge < -0.3 is 5.73 Å². The summed E-state index contributed by atoms with van der Waals surface area (Å²) in [5.74, 6) is 0.491. The van der Waals surface area contributed by atoms with Crippen LogP contribution in [0.1, 0.15) is 5.56 Å². The van der Waals surface area contributed by atoms with Crippen molar-refractivity contribution in [2.45, 2.75) is 6.92 Å². The van der Waals surface area contributed by atoms with Gasteiger partial charge in [0.2, 0.25) is 0 Å². The number of aryl methyl sites for hydroxylation is 1. The molecule has 0 aliphatic carbocycles. The molecule has 0 spiro atoms. The topological polar surface area (TPSA) is 69.6 Å². The minimum absolute atomic E-state index is 0.491. The highest BCUT2D eigenvalue weighted by Gasteiger charge is 2.10. The Morgan fingerprint density at radius 2 is 2.05 bits per heavy atom. The van der Waals surface area contributed by atoms with E-state index in [9.17, 15) is 0 Å². The number of anilines is 1. The van der Waals surface area contributed by atoms with Gasteiger partial charge in [-0.25, -0.2) is 9.97 Å². The van der Waals surface area contributed by atoms with Gasteiger partial charge in [-0.3, -0.25) is 9.55 Å². The van der Waals surface area contributed by atoms with Gasteiger partial charge in [-0.1, -0.05) is 0 Å². The Labute approximate surface area is 110 Å². The first-order chi connectivity index (χ1) is 9.25. The van der Waals surface area contributed by atoms with Crippen LogP contribution in [0.2, 0.25) is 0 Å². The Morgan fingerprint density at radius 1 is 1.16 bits per heavy atom. The molecule has 3 heterocycles. The number of hydrogen-bond acceptors (Lipinski definition) is 4. The van der Waals surface area contributed by atoms with Crippen molar-refractivity contribution in [1.82, 2.24) is 19.5 Å². The average molecular weight is 251 g/mol. The zero-order chi connectivity index (χ0) is 13.2. The zero-order valence-corrected chi connectivity index (χ0v) is 10.5. The SMILES string of the molecule is Cc1cncc(-n2cncc2-c2cccnc2N)c1. The van der Waals surface area contributed by atoms with Crippen LogP contribution in [-0.2, 0) is 0 Å². The highest BCUT2D eigenvalue weighted by atomic mass is 15.1. The number of nitrogens with two attached hydrogens (primary N) is 1. The number of hydrogen-bond donors (Lipinski definition) is 1. The molecule has 3 aromatic heterocycles. The number of imidazole rings is 1. The maximum atomic E-state index is 5.92. The molecule has 5 nitrogen and oxygen atoms in total. The lowest BCUT2D eigenvalue weighted by Gasteiger charge is -2.09. The van der Waals surface area contributed by atoms with E-state index >= 15 is 0 Å². The molecule has 0 unspecified atom stereocenters. The Bertz CT molecular complexity index is 717. The molecule has 0 radical (unpaired) electrons. The van der Waals surface area contributed by atoms with Crippen LogP contribution in [0.3, 0.4) is 0 Å². The van der Waals surface area contributed by atoms with Crippen LogP contribution in [0.15, 0.2) is 49.3 Å². The van der Waals surface area contributed by atoms with Crippen molar-refractivity contribution in [3.8, 4) is 16.9 Å². The summed E-state index contributed by atoms with van der Waals surface area (Å²) in [5, 5.41) is 0. The summed E-state index contributed by atoms with van der Waals surface area (Å²) < 4.78 is 1.95. The van der Waals surface area contributed by atoms with Crippen molar-refractivity contribution in [2.24, 2.45) is 0 Å². The molecule has 0 aromatic carbocycles. The van der Waals surface area contributed by atoms with E-state index in [0.717, 1.165) is 22.5 Å². The molecule has 0 aliphatic rings.